The van der Waals surface area contributed by atoms with Gasteiger partial charge >= 0.3 is 0 Å². The number of hydrogen-bond donors (Lipinski definition) is 1. The molecule has 0 atom stereocenters. The fourth-order valence-electron chi connectivity index (χ4n) is 2.27. The molecule has 5 heteroatoms. The summed E-state index contributed by atoms with van der Waals surface area (Å²) in [5, 5.41) is 2.82. The molecule has 0 saturated carbocycles. The monoisotopic (exact) mass is 355 g/mol. The Balaban J connectivity index is 1.94. The highest BCUT2D eigenvalue weighted by atomic mass is 16.5. The van der Waals surface area contributed by atoms with Gasteiger partial charge in [0.15, 0.2) is 0 Å². The highest BCUT2D eigenvalue weighted by molar-refractivity contribution is 6.02. The van der Waals surface area contributed by atoms with E-state index in [9.17, 15) is 4.79 Å². The molecule has 5 nitrogen and oxygen atoms in total. The van der Waals surface area contributed by atoms with Gasteiger partial charge in [0.05, 0.1) is 20.8 Å². The molecule has 0 fully saturated rings. The highest BCUT2D eigenvalue weighted by Crippen LogP contribution is 2.25. The van der Waals surface area contributed by atoms with Crippen LogP contribution in [0.5, 0.6) is 17.2 Å². The van der Waals surface area contributed by atoms with E-state index in [4.69, 9.17) is 14.2 Å². The van der Waals surface area contributed by atoms with Crippen molar-refractivity contribution in [1.29, 1.82) is 0 Å². The van der Waals surface area contributed by atoms with Crippen molar-refractivity contribution in [2.24, 2.45) is 0 Å². The van der Waals surface area contributed by atoms with Crippen LogP contribution in [0.25, 0.3) is 6.08 Å². The maximum Gasteiger partial charge on any atom is 0.248 e. The third-order valence-corrected chi connectivity index (χ3v) is 3.74. The quantitative estimate of drug-likeness (QED) is 0.530. The zero-order valence-corrected chi connectivity index (χ0v) is 15.5. The van der Waals surface area contributed by atoms with Crippen LogP contribution in [0.4, 0.5) is 5.69 Å². The average Bonchev–Trinajstić information content (AvgIpc) is 2.67. The number of hydrogen-bond acceptors (Lipinski definition) is 4. The lowest BCUT2D eigenvalue weighted by atomic mass is 10.1. The van der Waals surface area contributed by atoms with Crippen LogP contribution in [0.1, 0.15) is 25.3 Å². The fraction of sp³-hybridized carbons (Fsp3) is 0.286. The zero-order valence-electron chi connectivity index (χ0n) is 15.5. The Morgan fingerprint density at radius 3 is 2.42 bits per heavy atom. The molecule has 26 heavy (non-hydrogen) atoms. The van der Waals surface area contributed by atoms with E-state index in [0.717, 1.165) is 24.2 Å². The van der Waals surface area contributed by atoms with Crippen LogP contribution >= 0.6 is 0 Å². The second kappa shape index (κ2) is 10.1. The van der Waals surface area contributed by atoms with E-state index in [1.54, 1.807) is 26.4 Å². The Kier molecular flexibility index (Phi) is 7.55. The van der Waals surface area contributed by atoms with Crippen LogP contribution in [-0.4, -0.2) is 26.7 Å². The normalized spacial score (nSPS) is 10.6. The van der Waals surface area contributed by atoms with Gasteiger partial charge in [-0.2, -0.15) is 0 Å². The van der Waals surface area contributed by atoms with Crippen molar-refractivity contribution in [3.05, 3.63) is 54.1 Å². The standard InChI is InChI=1S/C21H25NO4/c1-4-5-14-26-18-11-8-17(9-12-18)22-21(23)13-7-16-6-10-19(24-2)15-20(16)25-3/h6-13,15H,4-5,14H2,1-3H3,(H,22,23)/b13-7+. The molecule has 2 aromatic rings. The predicted octanol–water partition coefficient (Wildman–Crippen LogP) is 4.53. The summed E-state index contributed by atoms with van der Waals surface area (Å²) in [4.78, 5) is 12.1. The Hall–Kier alpha value is -2.95. The van der Waals surface area contributed by atoms with Crippen molar-refractivity contribution < 1.29 is 19.0 Å². The van der Waals surface area contributed by atoms with E-state index < -0.39 is 0 Å². The van der Waals surface area contributed by atoms with E-state index in [1.807, 2.05) is 36.4 Å². The summed E-state index contributed by atoms with van der Waals surface area (Å²) in [6.45, 7) is 2.83. The lowest BCUT2D eigenvalue weighted by Crippen LogP contribution is -2.07. The lowest BCUT2D eigenvalue weighted by Gasteiger charge is -2.08. The molecule has 0 aliphatic carbocycles. The second-order valence-corrected chi connectivity index (χ2v) is 5.66. The number of unbranched alkanes of at least 4 members (excludes halogenated alkanes) is 1. The largest absolute Gasteiger partial charge is 0.497 e. The van der Waals surface area contributed by atoms with Gasteiger partial charge in [0.1, 0.15) is 17.2 Å². The molecule has 0 aliphatic heterocycles. The van der Waals surface area contributed by atoms with Crippen LogP contribution < -0.4 is 19.5 Å². The minimum atomic E-state index is -0.220. The topological polar surface area (TPSA) is 56.8 Å². The maximum absolute atomic E-state index is 12.1. The van der Waals surface area contributed by atoms with Gasteiger partial charge in [0.2, 0.25) is 5.91 Å². The molecule has 0 aromatic heterocycles. The van der Waals surface area contributed by atoms with Crippen molar-refractivity contribution >= 4 is 17.7 Å². The second-order valence-electron chi connectivity index (χ2n) is 5.66. The number of carbonyl (C=O) groups excluding carboxylic acids is 1. The van der Waals surface area contributed by atoms with Gasteiger partial charge in [-0.3, -0.25) is 4.79 Å². The third kappa shape index (κ3) is 5.84. The first-order valence-electron chi connectivity index (χ1n) is 8.60. The van der Waals surface area contributed by atoms with Gasteiger partial charge < -0.3 is 19.5 Å². The van der Waals surface area contributed by atoms with Crippen molar-refractivity contribution in [3.8, 4) is 17.2 Å². The summed E-state index contributed by atoms with van der Waals surface area (Å²) in [6.07, 6.45) is 5.30. The molecule has 2 aromatic carbocycles. The van der Waals surface area contributed by atoms with E-state index in [-0.39, 0.29) is 5.91 Å². The van der Waals surface area contributed by atoms with E-state index >= 15 is 0 Å². The van der Waals surface area contributed by atoms with Gasteiger partial charge in [-0.15, -0.1) is 0 Å². The first-order chi connectivity index (χ1) is 12.7. The minimum Gasteiger partial charge on any atom is -0.497 e. The molecule has 0 saturated heterocycles. The SMILES string of the molecule is CCCCOc1ccc(NC(=O)/C=C/c2ccc(OC)cc2OC)cc1. The molecular formula is C21H25NO4. The zero-order chi connectivity index (χ0) is 18.8. The molecule has 0 bridgehead atoms. The van der Waals surface area contributed by atoms with Crippen LogP contribution in [0.15, 0.2) is 48.5 Å². The Morgan fingerprint density at radius 2 is 1.77 bits per heavy atom. The van der Waals surface area contributed by atoms with E-state index in [1.165, 1.54) is 6.08 Å². The molecule has 2 rings (SSSR count). The number of nitrogens with one attached hydrogen (secondary N) is 1. The van der Waals surface area contributed by atoms with E-state index in [2.05, 4.69) is 12.2 Å². The number of benzene rings is 2. The molecule has 0 spiro atoms. The number of rotatable bonds is 9. The van der Waals surface area contributed by atoms with Gasteiger partial charge in [-0.25, -0.2) is 0 Å². The van der Waals surface area contributed by atoms with Gasteiger partial charge in [-0.05, 0) is 48.9 Å². The highest BCUT2D eigenvalue weighted by Gasteiger charge is 2.04. The molecule has 0 aliphatic rings. The van der Waals surface area contributed by atoms with Gasteiger partial charge in [-0.1, -0.05) is 13.3 Å². The van der Waals surface area contributed by atoms with Crippen molar-refractivity contribution in [1.82, 2.24) is 0 Å². The van der Waals surface area contributed by atoms with Gasteiger partial charge in [0, 0.05) is 23.4 Å². The predicted molar refractivity (Wildman–Crippen MR) is 104 cm³/mol. The summed E-state index contributed by atoms with van der Waals surface area (Å²) in [5.74, 6) is 1.92. The molecular weight excluding hydrogens is 330 g/mol. The van der Waals surface area contributed by atoms with Gasteiger partial charge in [0.25, 0.3) is 0 Å². The summed E-state index contributed by atoms with van der Waals surface area (Å²) < 4.78 is 16.1. The smallest absolute Gasteiger partial charge is 0.248 e. The van der Waals surface area contributed by atoms with Crippen LogP contribution in [-0.2, 0) is 4.79 Å². The minimum absolute atomic E-state index is 0.220. The number of carbonyl (C=O) groups is 1. The average molecular weight is 355 g/mol. The Bertz CT molecular complexity index is 738. The summed E-state index contributed by atoms with van der Waals surface area (Å²) in [7, 11) is 3.17. The molecule has 0 unspecified atom stereocenters. The number of anilines is 1. The Morgan fingerprint density at radius 1 is 1.04 bits per heavy atom. The van der Waals surface area contributed by atoms with Crippen LogP contribution in [0.3, 0.4) is 0 Å². The number of ether oxygens (including phenoxy) is 3. The number of methoxy groups -OCH3 is 2. The Labute approximate surface area is 154 Å². The number of amides is 1. The summed E-state index contributed by atoms with van der Waals surface area (Å²) in [5.41, 5.74) is 1.51. The van der Waals surface area contributed by atoms with E-state index in [0.29, 0.717) is 23.8 Å². The third-order valence-electron chi connectivity index (χ3n) is 3.74. The van der Waals surface area contributed by atoms with Crippen LogP contribution in [0, 0.1) is 0 Å². The first kappa shape index (κ1) is 19.4. The molecule has 138 valence electrons. The van der Waals surface area contributed by atoms with Crippen LogP contribution in [0.2, 0.25) is 0 Å². The first-order valence-corrected chi connectivity index (χ1v) is 8.60. The summed E-state index contributed by atoms with van der Waals surface area (Å²) >= 11 is 0. The summed E-state index contributed by atoms with van der Waals surface area (Å²) in [6, 6.07) is 12.8. The van der Waals surface area contributed by atoms with Crippen molar-refractivity contribution in [2.45, 2.75) is 19.8 Å². The lowest BCUT2D eigenvalue weighted by molar-refractivity contribution is -0.111. The molecule has 0 heterocycles. The molecule has 1 amide bonds. The van der Waals surface area contributed by atoms with Crippen molar-refractivity contribution in [2.75, 3.05) is 26.1 Å². The molecule has 1 N–H and O–H groups in total. The van der Waals surface area contributed by atoms with Crippen molar-refractivity contribution in [3.63, 3.8) is 0 Å². The fourth-order valence-corrected chi connectivity index (χ4v) is 2.27. The molecule has 0 radical (unpaired) electrons. The maximum atomic E-state index is 12.1.